The summed E-state index contributed by atoms with van der Waals surface area (Å²) in [6, 6.07) is 7.81. The van der Waals surface area contributed by atoms with Crippen molar-refractivity contribution in [2.24, 2.45) is 18.9 Å². The number of rotatable bonds is 3. The topological polar surface area (TPSA) is 59.3 Å². The van der Waals surface area contributed by atoms with Crippen molar-refractivity contribution in [2.75, 3.05) is 0 Å². The molecule has 1 aromatic carbocycles. The smallest absolute Gasteiger partial charge is 0.306 e. The van der Waals surface area contributed by atoms with Crippen molar-refractivity contribution in [3.05, 3.63) is 36.0 Å². The number of fused-ring (bicyclic) bond motifs is 1. The van der Waals surface area contributed by atoms with E-state index in [0.717, 1.165) is 16.5 Å². The van der Waals surface area contributed by atoms with E-state index >= 15 is 0 Å². The van der Waals surface area contributed by atoms with Gasteiger partial charge in [0.1, 0.15) is 0 Å². The number of nitrogens with zero attached hydrogens (tertiary/aromatic N) is 1. The average molecular weight is 271 g/mol. The molecular weight excluding hydrogens is 254 g/mol. The van der Waals surface area contributed by atoms with Crippen molar-refractivity contribution in [1.29, 1.82) is 0 Å². The lowest BCUT2D eigenvalue weighted by molar-refractivity contribution is -0.141. The van der Waals surface area contributed by atoms with Crippen LogP contribution < -0.4 is 0 Å². The molecule has 0 amide bonds. The molecule has 2 atom stereocenters. The van der Waals surface area contributed by atoms with Crippen LogP contribution in [0.4, 0.5) is 0 Å². The fraction of sp³-hybridized carbons (Fsp3) is 0.375. The quantitative estimate of drug-likeness (QED) is 0.873. The predicted molar refractivity (Wildman–Crippen MR) is 75.7 cm³/mol. The number of Topliss-reactive ketones (excluding diaryl/α,β-unsaturated/α-hetero) is 1. The Balaban J connectivity index is 1.92. The molecule has 0 saturated heterocycles. The van der Waals surface area contributed by atoms with Gasteiger partial charge in [0.25, 0.3) is 0 Å². The third-order valence-corrected chi connectivity index (χ3v) is 4.32. The van der Waals surface area contributed by atoms with Gasteiger partial charge >= 0.3 is 5.97 Å². The molecule has 4 nitrogen and oxygen atoms in total. The summed E-state index contributed by atoms with van der Waals surface area (Å²) in [5.41, 5.74) is 1.75. The van der Waals surface area contributed by atoms with Gasteiger partial charge in [-0.05, 0) is 25.3 Å². The van der Waals surface area contributed by atoms with Crippen LogP contribution in [0.5, 0.6) is 0 Å². The Kier molecular flexibility index (Phi) is 3.08. The van der Waals surface area contributed by atoms with Crippen LogP contribution in [0.3, 0.4) is 0 Å². The summed E-state index contributed by atoms with van der Waals surface area (Å²) in [4.78, 5) is 23.6. The first-order chi connectivity index (χ1) is 9.58. The van der Waals surface area contributed by atoms with E-state index in [1.54, 1.807) is 0 Å². The molecule has 104 valence electrons. The number of carbonyl (C=O) groups excluding carboxylic acids is 1. The molecular formula is C16H17NO3. The summed E-state index contributed by atoms with van der Waals surface area (Å²) < 4.78 is 1.95. The van der Waals surface area contributed by atoms with E-state index < -0.39 is 5.97 Å². The second-order valence-electron chi connectivity index (χ2n) is 5.58. The Morgan fingerprint density at radius 3 is 2.60 bits per heavy atom. The number of aliphatic carboxylic acids is 1. The van der Waals surface area contributed by atoms with E-state index in [1.807, 2.05) is 42.1 Å². The summed E-state index contributed by atoms with van der Waals surface area (Å²) in [5, 5.41) is 10.0. The molecule has 0 spiro atoms. The first-order valence-corrected chi connectivity index (χ1v) is 6.89. The fourth-order valence-electron chi connectivity index (χ4n) is 3.20. The van der Waals surface area contributed by atoms with Crippen molar-refractivity contribution >= 4 is 22.7 Å². The van der Waals surface area contributed by atoms with Crippen LogP contribution in [0.2, 0.25) is 0 Å². The van der Waals surface area contributed by atoms with Crippen molar-refractivity contribution < 1.29 is 14.7 Å². The highest BCUT2D eigenvalue weighted by Crippen LogP contribution is 2.35. The Bertz CT molecular complexity index is 686. The number of aromatic nitrogens is 1. The van der Waals surface area contributed by atoms with Crippen LogP contribution in [0.25, 0.3) is 10.9 Å². The Morgan fingerprint density at radius 2 is 1.90 bits per heavy atom. The number of hydrogen-bond donors (Lipinski definition) is 1. The van der Waals surface area contributed by atoms with Crippen LogP contribution in [0.1, 0.15) is 29.6 Å². The number of aryl methyl sites for hydroxylation is 1. The van der Waals surface area contributed by atoms with Crippen LogP contribution >= 0.6 is 0 Å². The van der Waals surface area contributed by atoms with Gasteiger partial charge in [-0.25, -0.2) is 0 Å². The third kappa shape index (κ3) is 2.01. The molecule has 0 aliphatic heterocycles. The number of carboxylic acid groups (broad SMARTS) is 1. The molecule has 2 aromatic rings. The predicted octanol–water partition coefficient (Wildman–Crippen LogP) is 2.86. The number of hydrogen-bond acceptors (Lipinski definition) is 2. The van der Waals surface area contributed by atoms with Gasteiger partial charge in [-0.3, -0.25) is 9.59 Å². The van der Waals surface area contributed by atoms with E-state index in [9.17, 15) is 9.59 Å². The van der Waals surface area contributed by atoms with Gasteiger partial charge in [0, 0.05) is 35.6 Å². The zero-order valence-electron chi connectivity index (χ0n) is 11.4. The minimum absolute atomic E-state index is 0.0885. The average Bonchev–Trinajstić information content (AvgIpc) is 3.04. The minimum Gasteiger partial charge on any atom is -0.481 e. The normalized spacial score (nSPS) is 22.2. The summed E-state index contributed by atoms with van der Waals surface area (Å²) in [6.45, 7) is 0. The highest BCUT2D eigenvalue weighted by atomic mass is 16.4. The first kappa shape index (κ1) is 12.9. The number of para-hydroxylation sites is 1. The maximum absolute atomic E-state index is 12.6. The summed E-state index contributed by atoms with van der Waals surface area (Å²) >= 11 is 0. The number of ketones is 1. The molecule has 20 heavy (non-hydrogen) atoms. The van der Waals surface area contributed by atoms with Gasteiger partial charge in [0.15, 0.2) is 5.78 Å². The maximum atomic E-state index is 12.6. The van der Waals surface area contributed by atoms with Gasteiger partial charge in [0.05, 0.1) is 5.92 Å². The summed E-state index contributed by atoms with van der Waals surface area (Å²) in [6.07, 6.45) is 3.62. The molecule has 1 saturated carbocycles. The molecule has 4 heteroatoms. The van der Waals surface area contributed by atoms with Crippen molar-refractivity contribution in [2.45, 2.75) is 19.3 Å². The van der Waals surface area contributed by atoms with E-state index in [-0.39, 0.29) is 17.6 Å². The SMILES string of the molecule is Cn1cc(C(=O)C2CCC(C(=O)O)C2)c2ccccc21. The molecule has 1 heterocycles. The molecule has 1 N–H and O–H groups in total. The van der Waals surface area contributed by atoms with E-state index in [4.69, 9.17) is 5.11 Å². The molecule has 1 aliphatic rings. The van der Waals surface area contributed by atoms with Gasteiger partial charge < -0.3 is 9.67 Å². The third-order valence-electron chi connectivity index (χ3n) is 4.32. The van der Waals surface area contributed by atoms with Crippen LogP contribution in [0, 0.1) is 11.8 Å². The molecule has 0 radical (unpaired) electrons. The van der Waals surface area contributed by atoms with Crippen molar-refractivity contribution in [1.82, 2.24) is 4.57 Å². The van der Waals surface area contributed by atoms with Crippen molar-refractivity contribution in [3.63, 3.8) is 0 Å². The lowest BCUT2D eigenvalue weighted by Crippen LogP contribution is -2.14. The highest BCUT2D eigenvalue weighted by Gasteiger charge is 2.35. The molecule has 3 rings (SSSR count). The molecule has 2 unspecified atom stereocenters. The van der Waals surface area contributed by atoms with Crippen LogP contribution in [0.15, 0.2) is 30.5 Å². The number of benzene rings is 1. The van der Waals surface area contributed by atoms with E-state index in [2.05, 4.69) is 0 Å². The zero-order chi connectivity index (χ0) is 14.3. The standard InChI is InChI=1S/C16H17NO3/c1-17-9-13(12-4-2-3-5-14(12)17)15(18)10-6-7-11(8-10)16(19)20/h2-5,9-11H,6-8H2,1H3,(H,19,20). The Morgan fingerprint density at radius 1 is 1.20 bits per heavy atom. The monoisotopic (exact) mass is 271 g/mol. The van der Waals surface area contributed by atoms with Gasteiger partial charge in [0.2, 0.25) is 0 Å². The molecule has 1 fully saturated rings. The zero-order valence-corrected chi connectivity index (χ0v) is 11.4. The maximum Gasteiger partial charge on any atom is 0.306 e. The van der Waals surface area contributed by atoms with Crippen molar-refractivity contribution in [3.8, 4) is 0 Å². The summed E-state index contributed by atoms with van der Waals surface area (Å²) in [7, 11) is 1.92. The van der Waals surface area contributed by atoms with E-state index in [1.165, 1.54) is 0 Å². The molecule has 1 aromatic heterocycles. The highest BCUT2D eigenvalue weighted by molar-refractivity contribution is 6.09. The second-order valence-corrected chi connectivity index (χ2v) is 5.58. The van der Waals surface area contributed by atoms with Crippen LogP contribution in [-0.2, 0) is 11.8 Å². The Hall–Kier alpha value is -2.10. The second kappa shape index (κ2) is 4.78. The van der Waals surface area contributed by atoms with Gasteiger partial charge in [-0.2, -0.15) is 0 Å². The summed E-state index contributed by atoms with van der Waals surface area (Å²) in [5.74, 6) is -1.20. The minimum atomic E-state index is -0.779. The molecule has 1 aliphatic carbocycles. The van der Waals surface area contributed by atoms with Crippen LogP contribution in [-0.4, -0.2) is 21.4 Å². The molecule has 0 bridgehead atoms. The lowest BCUT2D eigenvalue weighted by Gasteiger charge is -2.07. The van der Waals surface area contributed by atoms with Gasteiger partial charge in [-0.15, -0.1) is 0 Å². The number of carboxylic acids is 1. The number of carbonyl (C=O) groups is 2. The first-order valence-electron chi connectivity index (χ1n) is 6.89. The fourth-order valence-corrected chi connectivity index (χ4v) is 3.20. The largest absolute Gasteiger partial charge is 0.481 e. The lowest BCUT2D eigenvalue weighted by atomic mass is 9.95. The van der Waals surface area contributed by atoms with Gasteiger partial charge in [-0.1, -0.05) is 18.2 Å². The van der Waals surface area contributed by atoms with E-state index in [0.29, 0.717) is 19.3 Å². The Labute approximate surface area is 117 Å².